The number of benzene rings is 1. The first-order valence-corrected chi connectivity index (χ1v) is 5.62. The Morgan fingerprint density at radius 1 is 1.21 bits per heavy atom. The Morgan fingerprint density at radius 3 is 2.43 bits per heavy atom. The van der Waals surface area contributed by atoms with Gasteiger partial charge in [0.2, 0.25) is 0 Å². The van der Waals surface area contributed by atoms with Crippen molar-refractivity contribution in [3.05, 3.63) is 35.9 Å². The highest BCUT2D eigenvalue weighted by atomic mass is 14.7. The highest BCUT2D eigenvalue weighted by Crippen LogP contribution is 2.64. The largest absolute Gasteiger partial charge is 0.330 e. The van der Waals surface area contributed by atoms with Gasteiger partial charge in [-0.2, -0.15) is 0 Å². The van der Waals surface area contributed by atoms with Crippen LogP contribution in [0, 0.1) is 11.8 Å². The Kier molecular flexibility index (Phi) is 1.72. The van der Waals surface area contributed by atoms with Gasteiger partial charge in [0, 0.05) is 0 Å². The van der Waals surface area contributed by atoms with E-state index >= 15 is 0 Å². The van der Waals surface area contributed by atoms with E-state index < -0.39 is 0 Å². The van der Waals surface area contributed by atoms with Crippen LogP contribution in [0.1, 0.15) is 24.8 Å². The van der Waals surface area contributed by atoms with Gasteiger partial charge in [-0.3, -0.25) is 0 Å². The van der Waals surface area contributed by atoms with E-state index in [9.17, 15) is 0 Å². The fourth-order valence-electron chi connectivity index (χ4n) is 2.96. The second-order valence-corrected chi connectivity index (χ2v) is 4.86. The molecular formula is C13H17N. The molecule has 0 unspecified atom stereocenters. The van der Waals surface area contributed by atoms with Gasteiger partial charge in [-0.15, -0.1) is 0 Å². The van der Waals surface area contributed by atoms with E-state index in [1.165, 1.54) is 19.3 Å². The van der Waals surface area contributed by atoms with E-state index in [4.69, 9.17) is 5.73 Å². The third kappa shape index (κ3) is 1.12. The molecule has 0 spiro atoms. The molecule has 0 bridgehead atoms. The lowest BCUT2D eigenvalue weighted by atomic mass is 9.89. The summed E-state index contributed by atoms with van der Waals surface area (Å²) in [5.74, 6) is 1.72. The van der Waals surface area contributed by atoms with E-state index in [1.807, 2.05) is 0 Å². The Hall–Kier alpha value is -0.820. The SMILES string of the molecule is NC[C@@H]1C[C@H]1C1(c2ccccc2)CC1. The highest BCUT2D eigenvalue weighted by molar-refractivity contribution is 5.34. The molecule has 2 aliphatic carbocycles. The molecule has 2 fully saturated rings. The van der Waals surface area contributed by atoms with E-state index in [0.29, 0.717) is 5.41 Å². The smallest absolute Gasteiger partial charge is 0.00149 e. The highest BCUT2D eigenvalue weighted by Gasteiger charge is 2.59. The number of rotatable bonds is 3. The fraction of sp³-hybridized carbons (Fsp3) is 0.538. The van der Waals surface area contributed by atoms with Crippen LogP contribution in [0.3, 0.4) is 0 Å². The zero-order valence-corrected chi connectivity index (χ0v) is 8.45. The summed E-state index contributed by atoms with van der Waals surface area (Å²) in [5, 5.41) is 0. The molecule has 2 saturated carbocycles. The van der Waals surface area contributed by atoms with Crippen molar-refractivity contribution in [2.24, 2.45) is 17.6 Å². The van der Waals surface area contributed by atoms with Crippen molar-refractivity contribution >= 4 is 0 Å². The zero-order chi connectivity index (χ0) is 9.60. The Bertz CT molecular complexity index is 326. The molecule has 0 aromatic heterocycles. The molecular weight excluding hydrogens is 170 g/mol. The first-order valence-electron chi connectivity index (χ1n) is 5.62. The molecule has 0 aliphatic heterocycles. The van der Waals surface area contributed by atoms with Crippen LogP contribution in [0.2, 0.25) is 0 Å². The van der Waals surface area contributed by atoms with Gasteiger partial charge < -0.3 is 5.73 Å². The minimum atomic E-state index is 0.547. The van der Waals surface area contributed by atoms with E-state index in [2.05, 4.69) is 30.3 Å². The van der Waals surface area contributed by atoms with Crippen molar-refractivity contribution in [1.29, 1.82) is 0 Å². The van der Waals surface area contributed by atoms with Crippen molar-refractivity contribution in [1.82, 2.24) is 0 Å². The lowest BCUT2D eigenvalue weighted by Gasteiger charge is -2.15. The molecule has 0 amide bonds. The molecule has 74 valence electrons. The first kappa shape index (κ1) is 8.49. The van der Waals surface area contributed by atoms with Crippen LogP contribution in [0.15, 0.2) is 30.3 Å². The van der Waals surface area contributed by atoms with Gasteiger partial charge in [0.25, 0.3) is 0 Å². The molecule has 2 N–H and O–H groups in total. The maximum atomic E-state index is 5.73. The van der Waals surface area contributed by atoms with Gasteiger partial charge in [-0.05, 0) is 48.6 Å². The molecule has 2 aliphatic rings. The molecule has 14 heavy (non-hydrogen) atoms. The minimum absolute atomic E-state index is 0.547. The van der Waals surface area contributed by atoms with Crippen LogP contribution in [-0.2, 0) is 5.41 Å². The van der Waals surface area contributed by atoms with E-state index in [1.54, 1.807) is 5.56 Å². The summed E-state index contributed by atoms with van der Waals surface area (Å²) >= 11 is 0. The van der Waals surface area contributed by atoms with Gasteiger partial charge in [0.05, 0.1) is 0 Å². The maximum absolute atomic E-state index is 5.73. The summed E-state index contributed by atoms with van der Waals surface area (Å²) in [4.78, 5) is 0. The molecule has 2 atom stereocenters. The average Bonchev–Trinajstić information content (AvgIpc) is 3.12. The summed E-state index contributed by atoms with van der Waals surface area (Å²) in [6, 6.07) is 11.0. The molecule has 1 aromatic rings. The standard InChI is InChI=1S/C13H17N/c14-9-10-8-12(10)13(6-7-13)11-4-2-1-3-5-11/h1-5,10,12H,6-9,14H2/t10-,12+/m0/s1. The molecule has 1 heteroatoms. The minimum Gasteiger partial charge on any atom is -0.330 e. The Morgan fingerprint density at radius 2 is 1.93 bits per heavy atom. The van der Waals surface area contributed by atoms with Crippen molar-refractivity contribution in [2.45, 2.75) is 24.7 Å². The van der Waals surface area contributed by atoms with Crippen molar-refractivity contribution < 1.29 is 0 Å². The molecule has 3 rings (SSSR count). The summed E-state index contributed by atoms with van der Waals surface area (Å²) < 4.78 is 0. The molecule has 0 heterocycles. The maximum Gasteiger partial charge on any atom is -0.00149 e. The normalized spacial score (nSPS) is 32.6. The van der Waals surface area contributed by atoms with Crippen LogP contribution in [0.25, 0.3) is 0 Å². The van der Waals surface area contributed by atoms with Crippen LogP contribution in [0.4, 0.5) is 0 Å². The molecule has 0 saturated heterocycles. The predicted octanol–water partition coefficient (Wildman–Crippen LogP) is 2.31. The fourth-order valence-corrected chi connectivity index (χ4v) is 2.96. The van der Waals surface area contributed by atoms with Gasteiger partial charge in [0.15, 0.2) is 0 Å². The number of hydrogen-bond donors (Lipinski definition) is 1. The number of nitrogens with two attached hydrogens (primary N) is 1. The van der Waals surface area contributed by atoms with Crippen LogP contribution in [0.5, 0.6) is 0 Å². The average molecular weight is 187 g/mol. The topological polar surface area (TPSA) is 26.0 Å². The summed E-state index contributed by atoms with van der Waals surface area (Å²) in [6.45, 7) is 0.888. The van der Waals surface area contributed by atoms with Gasteiger partial charge in [-0.1, -0.05) is 30.3 Å². The van der Waals surface area contributed by atoms with Crippen LogP contribution < -0.4 is 5.73 Å². The van der Waals surface area contributed by atoms with Gasteiger partial charge in [-0.25, -0.2) is 0 Å². The zero-order valence-electron chi connectivity index (χ0n) is 8.45. The summed E-state index contributed by atoms with van der Waals surface area (Å²) in [6.07, 6.45) is 4.14. The van der Waals surface area contributed by atoms with Gasteiger partial charge in [0.1, 0.15) is 0 Å². The predicted molar refractivity (Wildman–Crippen MR) is 58.0 cm³/mol. The van der Waals surface area contributed by atoms with Gasteiger partial charge >= 0.3 is 0 Å². The summed E-state index contributed by atoms with van der Waals surface area (Å²) in [5.41, 5.74) is 7.83. The first-order chi connectivity index (χ1) is 6.87. The quantitative estimate of drug-likeness (QED) is 0.772. The van der Waals surface area contributed by atoms with Crippen LogP contribution in [-0.4, -0.2) is 6.54 Å². The molecule has 1 aromatic carbocycles. The van der Waals surface area contributed by atoms with Crippen molar-refractivity contribution in [3.8, 4) is 0 Å². The number of hydrogen-bond acceptors (Lipinski definition) is 1. The summed E-state index contributed by atoms with van der Waals surface area (Å²) in [7, 11) is 0. The Labute approximate surface area is 85.3 Å². The molecule has 1 nitrogen and oxygen atoms in total. The second kappa shape index (κ2) is 2.83. The third-order valence-electron chi connectivity index (χ3n) is 4.07. The van der Waals surface area contributed by atoms with E-state index in [-0.39, 0.29) is 0 Å². The lowest BCUT2D eigenvalue weighted by molar-refractivity contribution is 0.547. The van der Waals surface area contributed by atoms with Crippen LogP contribution >= 0.6 is 0 Å². The molecule has 0 radical (unpaired) electrons. The van der Waals surface area contributed by atoms with E-state index in [0.717, 1.165) is 18.4 Å². The monoisotopic (exact) mass is 187 g/mol. The third-order valence-corrected chi connectivity index (χ3v) is 4.07. The lowest BCUT2D eigenvalue weighted by Crippen LogP contribution is -2.13. The van der Waals surface area contributed by atoms with Crippen molar-refractivity contribution in [2.75, 3.05) is 6.54 Å². The second-order valence-electron chi connectivity index (χ2n) is 4.86. The van der Waals surface area contributed by atoms with Crippen molar-refractivity contribution in [3.63, 3.8) is 0 Å². The Balaban J connectivity index is 1.85.